The first-order valence-electron chi connectivity index (χ1n) is 4.63. The van der Waals surface area contributed by atoms with Crippen LogP contribution in [0.25, 0.3) is 0 Å². The second-order valence-corrected chi connectivity index (χ2v) is 2.66. The number of carbonyl (C=O) groups is 1. The molecule has 0 radical (unpaired) electrons. The summed E-state index contributed by atoms with van der Waals surface area (Å²) in [6, 6.07) is 0. The van der Waals surface area contributed by atoms with Crippen LogP contribution in [-0.4, -0.2) is 45.8 Å². The predicted molar refractivity (Wildman–Crippen MR) is 50.9 cm³/mol. The van der Waals surface area contributed by atoms with Gasteiger partial charge in [0.25, 0.3) is 0 Å². The number of ketones is 1. The summed E-state index contributed by atoms with van der Waals surface area (Å²) in [5, 5.41) is 2.97. The summed E-state index contributed by atoms with van der Waals surface area (Å²) in [4.78, 5) is 10.8. The van der Waals surface area contributed by atoms with Crippen molar-refractivity contribution in [3.8, 4) is 0 Å². The maximum absolute atomic E-state index is 10.8. The van der Waals surface area contributed by atoms with E-state index in [-0.39, 0.29) is 12.4 Å². The number of ether oxygens (including phenoxy) is 2. The van der Waals surface area contributed by atoms with Gasteiger partial charge in [-0.05, 0) is 7.05 Å². The number of carbonyl (C=O) groups excluding carboxylic acids is 1. The van der Waals surface area contributed by atoms with Crippen molar-refractivity contribution >= 4 is 5.78 Å². The lowest BCUT2D eigenvalue weighted by molar-refractivity contribution is -0.123. The number of hydrogen-bond acceptors (Lipinski definition) is 4. The van der Waals surface area contributed by atoms with Gasteiger partial charge < -0.3 is 14.8 Å². The van der Waals surface area contributed by atoms with E-state index in [1.807, 2.05) is 14.0 Å². The Morgan fingerprint density at radius 3 is 2.54 bits per heavy atom. The third kappa shape index (κ3) is 9.46. The van der Waals surface area contributed by atoms with Gasteiger partial charge in [0.2, 0.25) is 0 Å². The molecule has 4 nitrogen and oxygen atoms in total. The smallest absolute Gasteiger partial charge is 0.158 e. The molecular weight excluding hydrogens is 170 g/mol. The predicted octanol–water partition coefficient (Wildman–Crippen LogP) is 0.218. The lowest BCUT2D eigenvalue weighted by Gasteiger charge is -2.04. The molecule has 0 aliphatic heterocycles. The van der Waals surface area contributed by atoms with Crippen LogP contribution < -0.4 is 5.32 Å². The third-order valence-electron chi connectivity index (χ3n) is 1.53. The van der Waals surface area contributed by atoms with Gasteiger partial charge in [-0.1, -0.05) is 6.92 Å². The standard InChI is InChI=1S/C9H19NO3/c1-3-9(11)8-13-7-6-12-5-4-10-2/h10H,3-8H2,1-2H3. The summed E-state index contributed by atoms with van der Waals surface area (Å²) in [6.07, 6.45) is 0.542. The SMILES string of the molecule is CCC(=O)COCCOCCNC. The van der Waals surface area contributed by atoms with E-state index in [9.17, 15) is 4.79 Å². The molecule has 1 N–H and O–H groups in total. The number of likely N-dealkylation sites (N-methyl/N-ethyl adjacent to an activating group) is 1. The van der Waals surface area contributed by atoms with Crippen LogP contribution in [0.2, 0.25) is 0 Å². The van der Waals surface area contributed by atoms with Crippen molar-refractivity contribution < 1.29 is 14.3 Å². The minimum absolute atomic E-state index is 0.134. The molecule has 4 heteroatoms. The highest BCUT2D eigenvalue weighted by Gasteiger charge is 1.96. The zero-order valence-electron chi connectivity index (χ0n) is 8.47. The van der Waals surface area contributed by atoms with Crippen LogP contribution in [0.4, 0.5) is 0 Å². The van der Waals surface area contributed by atoms with Crippen LogP contribution in [0.3, 0.4) is 0 Å². The minimum atomic E-state index is 0.134. The van der Waals surface area contributed by atoms with Gasteiger partial charge in [0.1, 0.15) is 6.61 Å². The summed E-state index contributed by atoms with van der Waals surface area (Å²) >= 11 is 0. The van der Waals surface area contributed by atoms with Gasteiger partial charge in [0.05, 0.1) is 19.8 Å². The maximum atomic E-state index is 10.8. The first-order chi connectivity index (χ1) is 6.31. The molecule has 0 aromatic rings. The van der Waals surface area contributed by atoms with Gasteiger partial charge in [-0.3, -0.25) is 4.79 Å². The highest BCUT2D eigenvalue weighted by molar-refractivity contribution is 5.79. The lowest BCUT2D eigenvalue weighted by Crippen LogP contribution is -2.17. The molecule has 0 atom stereocenters. The summed E-state index contributed by atoms with van der Waals surface area (Å²) in [5.74, 6) is 0.134. The second kappa shape index (κ2) is 9.64. The lowest BCUT2D eigenvalue weighted by atomic mass is 10.3. The monoisotopic (exact) mass is 189 g/mol. The van der Waals surface area contributed by atoms with E-state index in [0.29, 0.717) is 26.2 Å². The molecule has 0 heterocycles. The molecule has 0 bridgehead atoms. The fourth-order valence-corrected chi connectivity index (χ4v) is 0.682. The molecule has 0 spiro atoms. The second-order valence-electron chi connectivity index (χ2n) is 2.66. The fourth-order valence-electron chi connectivity index (χ4n) is 0.682. The Bertz CT molecular complexity index is 128. The Kier molecular flexibility index (Phi) is 9.30. The molecule has 13 heavy (non-hydrogen) atoms. The van der Waals surface area contributed by atoms with Crippen molar-refractivity contribution in [3.05, 3.63) is 0 Å². The molecule has 0 aromatic heterocycles. The van der Waals surface area contributed by atoms with Crippen molar-refractivity contribution in [2.24, 2.45) is 0 Å². The van der Waals surface area contributed by atoms with Crippen molar-refractivity contribution in [2.75, 3.05) is 40.0 Å². The topological polar surface area (TPSA) is 47.6 Å². The molecule has 78 valence electrons. The molecule has 0 fully saturated rings. The van der Waals surface area contributed by atoms with Crippen LogP contribution in [0, 0.1) is 0 Å². The minimum Gasteiger partial charge on any atom is -0.378 e. The number of Topliss-reactive ketones (excluding diaryl/α,β-unsaturated/α-hetero) is 1. The van der Waals surface area contributed by atoms with Crippen LogP contribution in [0.5, 0.6) is 0 Å². The summed E-state index contributed by atoms with van der Waals surface area (Å²) in [5.41, 5.74) is 0. The van der Waals surface area contributed by atoms with E-state index < -0.39 is 0 Å². The third-order valence-corrected chi connectivity index (χ3v) is 1.53. The van der Waals surface area contributed by atoms with Crippen LogP contribution in [-0.2, 0) is 14.3 Å². The molecule has 0 aliphatic rings. The van der Waals surface area contributed by atoms with Crippen molar-refractivity contribution in [2.45, 2.75) is 13.3 Å². The zero-order chi connectivity index (χ0) is 9.94. The van der Waals surface area contributed by atoms with E-state index in [0.717, 1.165) is 6.54 Å². The number of rotatable bonds is 9. The molecule has 0 unspecified atom stereocenters. The normalized spacial score (nSPS) is 10.3. The van der Waals surface area contributed by atoms with Gasteiger partial charge in [-0.2, -0.15) is 0 Å². The fraction of sp³-hybridized carbons (Fsp3) is 0.889. The highest BCUT2D eigenvalue weighted by Crippen LogP contribution is 1.83. The van der Waals surface area contributed by atoms with E-state index in [4.69, 9.17) is 9.47 Å². The Morgan fingerprint density at radius 2 is 1.92 bits per heavy atom. The van der Waals surface area contributed by atoms with E-state index >= 15 is 0 Å². The average molecular weight is 189 g/mol. The molecular formula is C9H19NO3. The molecule has 0 saturated carbocycles. The Hall–Kier alpha value is -0.450. The zero-order valence-corrected chi connectivity index (χ0v) is 8.47. The molecule has 0 aliphatic carbocycles. The Morgan fingerprint density at radius 1 is 1.23 bits per heavy atom. The molecule has 0 amide bonds. The first kappa shape index (κ1) is 12.6. The van der Waals surface area contributed by atoms with Crippen molar-refractivity contribution in [1.82, 2.24) is 5.32 Å². The maximum Gasteiger partial charge on any atom is 0.158 e. The van der Waals surface area contributed by atoms with E-state index in [2.05, 4.69) is 5.32 Å². The van der Waals surface area contributed by atoms with Gasteiger partial charge in [0, 0.05) is 13.0 Å². The highest BCUT2D eigenvalue weighted by atomic mass is 16.5. The van der Waals surface area contributed by atoms with E-state index in [1.54, 1.807) is 0 Å². The van der Waals surface area contributed by atoms with Gasteiger partial charge in [0.15, 0.2) is 5.78 Å². The van der Waals surface area contributed by atoms with Crippen LogP contribution >= 0.6 is 0 Å². The first-order valence-corrected chi connectivity index (χ1v) is 4.63. The number of hydrogen-bond donors (Lipinski definition) is 1. The Balaban J connectivity index is 2.95. The average Bonchev–Trinajstić information content (AvgIpc) is 2.16. The van der Waals surface area contributed by atoms with Crippen molar-refractivity contribution in [1.29, 1.82) is 0 Å². The summed E-state index contributed by atoms with van der Waals surface area (Å²) in [7, 11) is 1.87. The largest absolute Gasteiger partial charge is 0.378 e. The van der Waals surface area contributed by atoms with Crippen LogP contribution in [0.15, 0.2) is 0 Å². The molecule has 0 saturated heterocycles. The Labute approximate surface area is 79.6 Å². The van der Waals surface area contributed by atoms with Gasteiger partial charge in [-0.15, -0.1) is 0 Å². The van der Waals surface area contributed by atoms with Gasteiger partial charge >= 0.3 is 0 Å². The van der Waals surface area contributed by atoms with E-state index in [1.165, 1.54) is 0 Å². The van der Waals surface area contributed by atoms with Gasteiger partial charge in [-0.25, -0.2) is 0 Å². The summed E-state index contributed by atoms with van der Waals surface area (Å²) < 4.78 is 10.3. The number of nitrogens with one attached hydrogen (secondary N) is 1. The quantitative estimate of drug-likeness (QED) is 0.527. The molecule has 0 rings (SSSR count). The molecule has 0 aromatic carbocycles. The van der Waals surface area contributed by atoms with Crippen molar-refractivity contribution in [3.63, 3.8) is 0 Å². The summed E-state index contributed by atoms with van der Waals surface area (Å²) in [6.45, 7) is 4.62. The van der Waals surface area contributed by atoms with Crippen LogP contribution in [0.1, 0.15) is 13.3 Å².